The Morgan fingerprint density at radius 1 is 1.10 bits per heavy atom. The third-order valence-electron chi connectivity index (χ3n) is 6.18. The van der Waals surface area contributed by atoms with Crippen LogP contribution in [0, 0.1) is 11.6 Å². The monoisotopic (exact) mass is 413 g/mol. The standard InChI is InChI=1S/C24H29F2N3O/c1-2-29(24(30)23-13-17-12-19(26)10-11-22(17)28-23)21-5-3-4-20(14-21)27-15-16-6-8-18(25)9-7-16/h6-13,20-21,24,27-28,30H,2-5,14-15H2,1H3/t20-,21+,24?/m1/s1. The first-order valence-corrected chi connectivity index (χ1v) is 10.7. The summed E-state index contributed by atoms with van der Waals surface area (Å²) >= 11 is 0. The van der Waals surface area contributed by atoms with Crippen molar-refractivity contribution in [1.29, 1.82) is 0 Å². The van der Waals surface area contributed by atoms with Crippen LogP contribution >= 0.6 is 0 Å². The van der Waals surface area contributed by atoms with Crippen LogP contribution in [-0.2, 0) is 6.54 Å². The summed E-state index contributed by atoms with van der Waals surface area (Å²) in [5.41, 5.74) is 2.58. The largest absolute Gasteiger partial charge is 0.373 e. The van der Waals surface area contributed by atoms with E-state index in [-0.39, 0.29) is 17.7 Å². The predicted octanol–water partition coefficient (Wildman–Crippen LogP) is 4.86. The molecule has 160 valence electrons. The molecule has 0 radical (unpaired) electrons. The summed E-state index contributed by atoms with van der Waals surface area (Å²) in [6, 6.07) is 13.6. The average molecular weight is 414 g/mol. The van der Waals surface area contributed by atoms with E-state index in [1.807, 2.05) is 18.2 Å². The van der Waals surface area contributed by atoms with Crippen molar-refractivity contribution in [2.75, 3.05) is 6.54 Å². The lowest BCUT2D eigenvalue weighted by Gasteiger charge is -2.39. The lowest BCUT2D eigenvalue weighted by molar-refractivity contribution is -0.0389. The fourth-order valence-corrected chi connectivity index (χ4v) is 4.59. The highest BCUT2D eigenvalue weighted by Gasteiger charge is 2.30. The molecule has 1 aromatic heterocycles. The molecule has 1 saturated carbocycles. The van der Waals surface area contributed by atoms with Crippen molar-refractivity contribution in [1.82, 2.24) is 15.2 Å². The SMILES string of the molecule is CCN(C(O)c1cc2cc(F)ccc2[nH]1)[C@H]1CCC[C@@H](NCc2ccc(F)cc2)C1. The first-order chi connectivity index (χ1) is 14.5. The molecule has 0 bridgehead atoms. The fraction of sp³-hybridized carbons (Fsp3) is 0.417. The Labute approximate surface area is 175 Å². The molecule has 0 aliphatic heterocycles. The summed E-state index contributed by atoms with van der Waals surface area (Å²) in [5, 5.41) is 15.4. The second-order valence-corrected chi connectivity index (χ2v) is 8.19. The number of aliphatic hydroxyl groups is 1. The van der Waals surface area contributed by atoms with Gasteiger partial charge in [0.15, 0.2) is 0 Å². The number of nitrogens with zero attached hydrogens (tertiary/aromatic N) is 1. The summed E-state index contributed by atoms with van der Waals surface area (Å²) in [6.07, 6.45) is 3.41. The lowest BCUT2D eigenvalue weighted by Crippen LogP contribution is -2.45. The van der Waals surface area contributed by atoms with Crippen molar-refractivity contribution in [3.05, 3.63) is 71.4 Å². The van der Waals surface area contributed by atoms with Crippen LogP contribution in [0.2, 0.25) is 0 Å². The highest BCUT2D eigenvalue weighted by atomic mass is 19.1. The first kappa shape index (κ1) is 21.0. The molecule has 0 saturated heterocycles. The van der Waals surface area contributed by atoms with E-state index in [2.05, 4.69) is 22.1 Å². The average Bonchev–Trinajstić information content (AvgIpc) is 3.17. The third-order valence-corrected chi connectivity index (χ3v) is 6.18. The van der Waals surface area contributed by atoms with Crippen molar-refractivity contribution in [3.63, 3.8) is 0 Å². The van der Waals surface area contributed by atoms with Gasteiger partial charge in [-0.2, -0.15) is 0 Å². The van der Waals surface area contributed by atoms with E-state index in [0.717, 1.165) is 48.7 Å². The van der Waals surface area contributed by atoms with Gasteiger partial charge in [0.05, 0.1) is 5.69 Å². The van der Waals surface area contributed by atoms with E-state index < -0.39 is 6.23 Å². The summed E-state index contributed by atoms with van der Waals surface area (Å²) < 4.78 is 26.6. The minimum absolute atomic E-state index is 0.219. The summed E-state index contributed by atoms with van der Waals surface area (Å²) in [5.74, 6) is -0.499. The van der Waals surface area contributed by atoms with Gasteiger partial charge in [-0.3, -0.25) is 4.90 Å². The third kappa shape index (κ3) is 4.72. The van der Waals surface area contributed by atoms with Crippen molar-refractivity contribution in [2.45, 2.75) is 57.5 Å². The highest BCUT2D eigenvalue weighted by molar-refractivity contribution is 5.80. The maximum atomic E-state index is 13.5. The van der Waals surface area contributed by atoms with Crippen LogP contribution in [-0.4, -0.2) is 33.6 Å². The van der Waals surface area contributed by atoms with Gasteiger partial charge in [-0.25, -0.2) is 8.78 Å². The van der Waals surface area contributed by atoms with Gasteiger partial charge in [0.1, 0.15) is 17.9 Å². The minimum atomic E-state index is -0.758. The summed E-state index contributed by atoms with van der Waals surface area (Å²) in [4.78, 5) is 5.35. The molecule has 0 amide bonds. The molecule has 3 aromatic rings. The Hall–Kier alpha value is -2.28. The zero-order valence-electron chi connectivity index (χ0n) is 17.2. The Morgan fingerprint density at radius 2 is 1.87 bits per heavy atom. The second kappa shape index (κ2) is 9.25. The molecule has 4 nitrogen and oxygen atoms in total. The van der Waals surface area contributed by atoms with Gasteiger partial charge in [-0.05, 0) is 67.8 Å². The highest BCUT2D eigenvalue weighted by Crippen LogP contribution is 2.30. The molecule has 1 aliphatic carbocycles. The van der Waals surface area contributed by atoms with Crippen LogP contribution in [0.5, 0.6) is 0 Å². The van der Waals surface area contributed by atoms with E-state index in [1.165, 1.54) is 24.3 Å². The van der Waals surface area contributed by atoms with Gasteiger partial charge in [-0.1, -0.05) is 25.5 Å². The number of H-pyrrole nitrogens is 1. The van der Waals surface area contributed by atoms with Crippen molar-refractivity contribution >= 4 is 10.9 Å². The Morgan fingerprint density at radius 3 is 2.63 bits per heavy atom. The van der Waals surface area contributed by atoms with Crippen molar-refractivity contribution < 1.29 is 13.9 Å². The van der Waals surface area contributed by atoms with Gasteiger partial charge in [-0.15, -0.1) is 0 Å². The molecule has 1 heterocycles. The number of nitrogens with one attached hydrogen (secondary N) is 2. The number of rotatable bonds is 7. The van der Waals surface area contributed by atoms with Gasteiger partial charge < -0.3 is 15.4 Å². The normalized spacial score (nSPS) is 20.7. The number of halogens is 2. The molecule has 1 aliphatic rings. The number of aromatic amines is 1. The van der Waals surface area contributed by atoms with Gasteiger partial charge >= 0.3 is 0 Å². The molecule has 1 fully saturated rings. The van der Waals surface area contributed by atoms with Crippen molar-refractivity contribution in [2.24, 2.45) is 0 Å². The smallest absolute Gasteiger partial charge is 0.148 e. The Balaban J connectivity index is 1.41. The summed E-state index contributed by atoms with van der Waals surface area (Å²) in [7, 11) is 0. The van der Waals surface area contributed by atoms with Gasteiger partial charge in [0.2, 0.25) is 0 Å². The number of fused-ring (bicyclic) bond motifs is 1. The van der Waals surface area contributed by atoms with E-state index >= 15 is 0 Å². The Bertz CT molecular complexity index is 972. The van der Waals surface area contributed by atoms with Crippen LogP contribution in [0.15, 0.2) is 48.5 Å². The minimum Gasteiger partial charge on any atom is -0.373 e. The molecule has 6 heteroatoms. The molecule has 3 atom stereocenters. The zero-order valence-corrected chi connectivity index (χ0v) is 17.2. The molecule has 3 N–H and O–H groups in total. The number of aliphatic hydroxyl groups excluding tert-OH is 1. The molecule has 30 heavy (non-hydrogen) atoms. The molecule has 1 unspecified atom stereocenters. The second-order valence-electron chi connectivity index (χ2n) is 8.19. The summed E-state index contributed by atoms with van der Waals surface area (Å²) in [6.45, 7) is 3.49. The van der Waals surface area contributed by atoms with Crippen LogP contribution < -0.4 is 5.32 Å². The lowest BCUT2D eigenvalue weighted by atomic mass is 9.89. The van der Waals surface area contributed by atoms with Crippen LogP contribution in [0.3, 0.4) is 0 Å². The number of hydrogen-bond donors (Lipinski definition) is 3. The quantitative estimate of drug-likeness (QED) is 0.485. The number of aromatic nitrogens is 1. The maximum Gasteiger partial charge on any atom is 0.148 e. The van der Waals surface area contributed by atoms with Gasteiger partial charge in [0.25, 0.3) is 0 Å². The van der Waals surface area contributed by atoms with Crippen LogP contribution in [0.25, 0.3) is 10.9 Å². The first-order valence-electron chi connectivity index (χ1n) is 10.7. The van der Waals surface area contributed by atoms with Crippen LogP contribution in [0.1, 0.15) is 50.1 Å². The number of hydrogen-bond acceptors (Lipinski definition) is 3. The Kier molecular flexibility index (Phi) is 6.46. The molecular formula is C24H29F2N3O. The van der Waals surface area contributed by atoms with E-state index in [9.17, 15) is 13.9 Å². The maximum absolute atomic E-state index is 13.5. The van der Waals surface area contributed by atoms with Gasteiger partial charge in [0, 0.05) is 29.5 Å². The van der Waals surface area contributed by atoms with Crippen LogP contribution in [0.4, 0.5) is 8.78 Å². The topological polar surface area (TPSA) is 51.3 Å². The molecule has 2 aromatic carbocycles. The predicted molar refractivity (Wildman–Crippen MR) is 115 cm³/mol. The zero-order chi connectivity index (χ0) is 21.1. The molecule has 4 rings (SSSR count). The van der Waals surface area contributed by atoms with E-state index in [0.29, 0.717) is 18.3 Å². The van der Waals surface area contributed by atoms with Crippen molar-refractivity contribution in [3.8, 4) is 0 Å². The van der Waals surface area contributed by atoms with E-state index in [4.69, 9.17) is 0 Å². The number of benzene rings is 2. The molecular weight excluding hydrogens is 384 g/mol. The van der Waals surface area contributed by atoms with E-state index in [1.54, 1.807) is 6.07 Å². The fourth-order valence-electron chi connectivity index (χ4n) is 4.59. The molecule has 0 spiro atoms.